The first-order valence-corrected chi connectivity index (χ1v) is 9.13. The number of urea groups is 1. The van der Waals surface area contributed by atoms with Crippen LogP contribution >= 0.6 is 0 Å². The molecular weight excluding hydrogens is 371 g/mol. The van der Waals surface area contributed by atoms with Gasteiger partial charge in [0.1, 0.15) is 0 Å². The number of para-hydroxylation sites is 1. The van der Waals surface area contributed by atoms with Gasteiger partial charge in [-0.2, -0.15) is 13.2 Å². The van der Waals surface area contributed by atoms with Crippen LogP contribution in [0.15, 0.2) is 30.3 Å². The van der Waals surface area contributed by atoms with Gasteiger partial charge in [0.2, 0.25) is 5.95 Å². The Morgan fingerprint density at radius 2 is 1.86 bits per heavy atom. The molecule has 150 valence electrons. The zero-order chi connectivity index (χ0) is 20.1. The van der Waals surface area contributed by atoms with E-state index >= 15 is 0 Å². The molecular formula is C19H22F3N5O. The Kier molecular flexibility index (Phi) is 6.01. The minimum atomic E-state index is -4.54. The summed E-state index contributed by atoms with van der Waals surface area (Å²) in [5.74, 6) is 0.624. The molecule has 0 spiro atoms. The Bertz CT molecular complexity index is 835. The molecule has 1 aromatic heterocycles. The lowest BCUT2D eigenvalue weighted by atomic mass is 10.1. The summed E-state index contributed by atoms with van der Waals surface area (Å²) in [6.07, 6.45) is -1.18. The van der Waals surface area contributed by atoms with E-state index in [0.717, 1.165) is 37.7 Å². The van der Waals surface area contributed by atoms with E-state index in [0.29, 0.717) is 11.6 Å². The molecule has 2 N–H and O–H groups in total. The van der Waals surface area contributed by atoms with Crippen molar-refractivity contribution >= 4 is 17.7 Å². The van der Waals surface area contributed by atoms with E-state index in [1.54, 1.807) is 6.07 Å². The van der Waals surface area contributed by atoms with Crippen LogP contribution in [0.4, 0.5) is 29.6 Å². The summed E-state index contributed by atoms with van der Waals surface area (Å²) in [5.41, 5.74) is 0.193. The number of carbonyl (C=O) groups is 1. The minimum absolute atomic E-state index is 0.0875. The molecule has 0 radical (unpaired) electrons. The number of alkyl halides is 3. The lowest BCUT2D eigenvalue weighted by Gasteiger charge is -2.27. The van der Waals surface area contributed by atoms with Gasteiger partial charge in [0, 0.05) is 18.8 Å². The SMILES string of the molecule is Cc1cc(CNC(=O)Nc2ccccc2C(F)(F)F)nc(N2CCCCC2)n1. The highest BCUT2D eigenvalue weighted by molar-refractivity contribution is 5.90. The fraction of sp³-hybridized carbons (Fsp3) is 0.421. The molecule has 1 saturated heterocycles. The number of piperidine rings is 1. The molecule has 0 bridgehead atoms. The molecule has 2 heterocycles. The molecule has 3 rings (SSSR count). The number of hydrogen-bond acceptors (Lipinski definition) is 4. The molecule has 28 heavy (non-hydrogen) atoms. The Labute approximate surface area is 161 Å². The first-order chi connectivity index (χ1) is 13.3. The molecule has 0 unspecified atom stereocenters. The number of hydrogen-bond donors (Lipinski definition) is 2. The van der Waals surface area contributed by atoms with Gasteiger partial charge in [-0.3, -0.25) is 0 Å². The van der Waals surface area contributed by atoms with Gasteiger partial charge in [0.15, 0.2) is 0 Å². The quantitative estimate of drug-likeness (QED) is 0.820. The summed E-state index contributed by atoms with van der Waals surface area (Å²) in [6.45, 7) is 3.72. The number of benzene rings is 1. The molecule has 9 heteroatoms. The van der Waals surface area contributed by atoms with Gasteiger partial charge in [-0.25, -0.2) is 14.8 Å². The van der Waals surface area contributed by atoms with Crippen LogP contribution in [0.1, 0.15) is 36.2 Å². The number of amides is 2. The molecule has 1 aliphatic rings. The van der Waals surface area contributed by atoms with Gasteiger partial charge in [0.05, 0.1) is 23.5 Å². The van der Waals surface area contributed by atoms with Crippen LogP contribution in [0.25, 0.3) is 0 Å². The lowest BCUT2D eigenvalue weighted by Crippen LogP contribution is -2.32. The van der Waals surface area contributed by atoms with E-state index < -0.39 is 17.8 Å². The average Bonchev–Trinajstić information content (AvgIpc) is 2.66. The van der Waals surface area contributed by atoms with Crippen molar-refractivity contribution in [2.75, 3.05) is 23.3 Å². The third kappa shape index (κ3) is 5.11. The highest BCUT2D eigenvalue weighted by Gasteiger charge is 2.33. The average molecular weight is 393 g/mol. The van der Waals surface area contributed by atoms with Crippen LogP contribution in [0, 0.1) is 6.92 Å². The largest absolute Gasteiger partial charge is 0.418 e. The number of nitrogens with one attached hydrogen (secondary N) is 2. The Morgan fingerprint density at radius 1 is 1.14 bits per heavy atom. The number of carbonyl (C=O) groups excluding carboxylic acids is 1. The zero-order valence-corrected chi connectivity index (χ0v) is 15.5. The topological polar surface area (TPSA) is 70.2 Å². The molecule has 0 atom stereocenters. The highest BCUT2D eigenvalue weighted by Crippen LogP contribution is 2.34. The first-order valence-electron chi connectivity index (χ1n) is 9.13. The summed E-state index contributed by atoms with van der Waals surface area (Å²) < 4.78 is 39.1. The molecule has 0 saturated carbocycles. The third-order valence-electron chi connectivity index (χ3n) is 4.45. The Balaban J connectivity index is 1.64. The molecule has 1 fully saturated rings. The maximum atomic E-state index is 13.0. The van der Waals surface area contributed by atoms with E-state index in [-0.39, 0.29) is 12.2 Å². The highest BCUT2D eigenvalue weighted by atomic mass is 19.4. The van der Waals surface area contributed by atoms with Crippen molar-refractivity contribution in [2.45, 2.75) is 38.9 Å². The minimum Gasteiger partial charge on any atom is -0.341 e. The number of halogens is 3. The van der Waals surface area contributed by atoms with Crippen LogP contribution in [0.5, 0.6) is 0 Å². The normalized spacial score (nSPS) is 14.6. The van der Waals surface area contributed by atoms with Crippen molar-refractivity contribution in [2.24, 2.45) is 0 Å². The number of anilines is 2. The maximum absolute atomic E-state index is 13.0. The van der Waals surface area contributed by atoms with Gasteiger partial charge in [-0.05, 0) is 44.4 Å². The van der Waals surface area contributed by atoms with E-state index in [1.807, 2.05) is 6.92 Å². The van der Waals surface area contributed by atoms with Crippen molar-refractivity contribution in [1.82, 2.24) is 15.3 Å². The molecule has 1 aliphatic heterocycles. The van der Waals surface area contributed by atoms with Crippen LogP contribution in [-0.4, -0.2) is 29.1 Å². The summed E-state index contributed by atoms with van der Waals surface area (Å²) in [6, 6.07) is 5.87. The van der Waals surface area contributed by atoms with E-state index in [2.05, 4.69) is 25.5 Å². The molecule has 0 aliphatic carbocycles. The summed E-state index contributed by atoms with van der Waals surface area (Å²) in [5, 5.41) is 4.81. The summed E-state index contributed by atoms with van der Waals surface area (Å²) >= 11 is 0. The predicted molar refractivity (Wildman–Crippen MR) is 100 cm³/mol. The van der Waals surface area contributed by atoms with Crippen molar-refractivity contribution in [1.29, 1.82) is 0 Å². The summed E-state index contributed by atoms with van der Waals surface area (Å²) in [7, 11) is 0. The van der Waals surface area contributed by atoms with Gasteiger partial charge in [-0.15, -0.1) is 0 Å². The Morgan fingerprint density at radius 3 is 2.57 bits per heavy atom. The summed E-state index contributed by atoms with van der Waals surface area (Å²) in [4.78, 5) is 23.1. The van der Waals surface area contributed by atoms with Crippen molar-refractivity contribution in [3.63, 3.8) is 0 Å². The fourth-order valence-corrected chi connectivity index (χ4v) is 3.12. The van der Waals surface area contributed by atoms with Gasteiger partial charge < -0.3 is 15.5 Å². The van der Waals surface area contributed by atoms with Crippen LogP contribution in [-0.2, 0) is 12.7 Å². The van der Waals surface area contributed by atoms with E-state index in [4.69, 9.17) is 0 Å². The third-order valence-corrected chi connectivity index (χ3v) is 4.45. The molecule has 1 aromatic carbocycles. The number of aromatic nitrogens is 2. The second kappa shape index (κ2) is 8.45. The fourth-order valence-electron chi connectivity index (χ4n) is 3.12. The predicted octanol–water partition coefficient (Wildman–Crippen LogP) is 4.12. The zero-order valence-electron chi connectivity index (χ0n) is 15.5. The number of nitrogens with zero attached hydrogens (tertiary/aromatic N) is 3. The number of aryl methyl sites for hydroxylation is 1. The van der Waals surface area contributed by atoms with Crippen molar-refractivity contribution in [3.05, 3.63) is 47.3 Å². The van der Waals surface area contributed by atoms with Crippen molar-refractivity contribution < 1.29 is 18.0 Å². The second-order valence-electron chi connectivity index (χ2n) is 6.70. The monoisotopic (exact) mass is 393 g/mol. The smallest absolute Gasteiger partial charge is 0.341 e. The van der Waals surface area contributed by atoms with Gasteiger partial charge >= 0.3 is 12.2 Å². The van der Waals surface area contributed by atoms with Crippen molar-refractivity contribution in [3.8, 4) is 0 Å². The van der Waals surface area contributed by atoms with E-state index in [1.165, 1.54) is 24.6 Å². The van der Waals surface area contributed by atoms with Crippen LogP contribution < -0.4 is 15.5 Å². The maximum Gasteiger partial charge on any atom is 0.418 e. The molecule has 2 aromatic rings. The number of rotatable bonds is 4. The lowest BCUT2D eigenvalue weighted by molar-refractivity contribution is -0.136. The Hall–Kier alpha value is -2.84. The van der Waals surface area contributed by atoms with E-state index in [9.17, 15) is 18.0 Å². The first kappa shape index (κ1) is 19.9. The molecule has 2 amide bonds. The van der Waals surface area contributed by atoms with Crippen LogP contribution in [0.2, 0.25) is 0 Å². The standard InChI is InChI=1S/C19H22F3N5O/c1-13-11-14(25-17(24-13)27-9-5-2-6-10-27)12-23-18(28)26-16-8-4-3-7-15(16)19(20,21)22/h3-4,7-8,11H,2,5-6,9-10,12H2,1H3,(H2,23,26,28). The molecule has 6 nitrogen and oxygen atoms in total. The van der Waals surface area contributed by atoms with Gasteiger partial charge in [-0.1, -0.05) is 12.1 Å². The second-order valence-corrected chi connectivity index (χ2v) is 6.70. The van der Waals surface area contributed by atoms with Gasteiger partial charge in [0.25, 0.3) is 0 Å². The van der Waals surface area contributed by atoms with Crippen LogP contribution in [0.3, 0.4) is 0 Å².